The maximum Gasteiger partial charge on any atom is 0.241 e. The number of aromatic nitrogens is 2. The van der Waals surface area contributed by atoms with Crippen LogP contribution in [0.25, 0.3) is 21.7 Å². The van der Waals surface area contributed by atoms with E-state index in [0.717, 1.165) is 84.1 Å². The third-order valence-electron chi connectivity index (χ3n) is 9.18. The van der Waals surface area contributed by atoms with Gasteiger partial charge in [-0.3, -0.25) is 0 Å². The van der Waals surface area contributed by atoms with Gasteiger partial charge in [-0.25, -0.2) is 18.1 Å². The van der Waals surface area contributed by atoms with E-state index in [1.54, 1.807) is 13.2 Å². The quantitative estimate of drug-likeness (QED) is 0.129. The number of methoxy groups -OCH3 is 1. The molecule has 0 radical (unpaired) electrons. The molecule has 3 N–H and O–H groups in total. The van der Waals surface area contributed by atoms with Crippen LogP contribution in [0.5, 0.6) is 5.75 Å². The van der Waals surface area contributed by atoms with Gasteiger partial charge in [0.05, 0.1) is 17.5 Å². The molecule has 0 atom stereocenters. The minimum absolute atomic E-state index is 0.312. The number of nitrogens with zero attached hydrogens (tertiary/aromatic N) is 3. The van der Waals surface area contributed by atoms with Gasteiger partial charge in [0, 0.05) is 55.6 Å². The fourth-order valence-electron chi connectivity index (χ4n) is 6.47. The highest BCUT2D eigenvalue weighted by atomic mass is 32.2. The largest absolute Gasteiger partial charge is 0.497 e. The maximum atomic E-state index is 13.4. The first kappa shape index (κ1) is 32.5. The van der Waals surface area contributed by atoms with Gasteiger partial charge in [-0.05, 0) is 85.9 Å². The zero-order valence-electron chi connectivity index (χ0n) is 27.4. The lowest BCUT2D eigenvalue weighted by molar-refractivity contribution is 0.284. The standard InChI is InChI=1S/C37H44N6O3S/c1-43(2)34-20-21-35(31-9-5-4-8-30(31)34)47(44,45)40-25-28-14-12-27(13-15-28)24-39-37-41-33-11-7-6-10-32(33)36(42-37)38-23-22-26-16-18-29(46-3)19-17-26/h4-11,16-21,27-28,40H,12-15,22-25H2,1-3H3,(H2,38,39,41,42). The number of ether oxygens (including phenoxy) is 1. The van der Waals surface area contributed by atoms with Crippen LogP contribution < -0.4 is 25.0 Å². The number of sulfonamides is 1. The molecule has 4 aromatic carbocycles. The molecule has 0 bridgehead atoms. The second-order valence-corrected chi connectivity index (χ2v) is 14.3. The molecule has 0 aliphatic heterocycles. The van der Waals surface area contributed by atoms with Crippen molar-refractivity contribution in [2.24, 2.45) is 11.8 Å². The van der Waals surface area contributed by atoms with Gasteiger partial charge in [0.25, 0.3) is 0 Å². The molecule has 1 saturated carbocycles. The average molecular weight is 653 g/mol. The smallest absolute Gasteiger partial charge is 0.241 e. The van der Waals surface area contributed by atoms with E-state index in [0.29, 0.717) is 29.2 Å². The summed E-state index contributed by atoms with van der Waals surface area (Å²) < 4.78 is 35.0. The summed E-state index contributed by atoms with van der Waals surface area (Å²) in [5, 5.41) is 9.69. The number of hydrogen-bond donors (Lipinski definition) is 3. The Bertz CT molecular complexity index is 1920. The average Bonchev–Trinajstić information content (AvgIpc) is 3.10. The van der Waals surface area contributed by atoms with Crippen molar-refractivity contribution >= 4 is 49.2 Å². The van der Waals surface area contributed by atoms with Gasteiger partial charge >= 0.3 is 0 Å². The van der Waals surface area contributed by atoms with Crippen LogP contribution in [0.15, 0.2) is 89.8 Å². The summed E-state index contributed by atoms with van der Waals surface area (Å²) >= 11 is 0. The second-order valence-electron chi connectivity index (χ2n) is 12.6. The predicted octanol–water partition coefficient (Wildman–Crippen LogP) is 6.71. The fraction of sp³-hybridized carbons (Fsp3) is 0.351. The Morgan fingerprint density at radius 3 is 2.13 bits per heavy atom. The summed E-state index contributed by atoms with van der Waals surface area (Å²) in [5.74, 6) is 3.09. The Labute approximate surface area is 277 Å². The van der Waals surface area contributed by atoms with Gasteiger partial charge in [0.15, 0.2) is 0 Å². The predicted molar refractivity (Wildman–Crippen MR) is 192 cm³/mol. The van der Waals surface area contributed by atoms with Crippen molar-refractivity contribution in [2.45, 2.75) is 37.0 Å². The van der Waals surface area contributed by atoms with Crippen molar-refractivity contribution in [1.29, 1.82) is 0 Å². The lowest BCUT2D eigenvalue weighted by atomic mass is 9.82. The molecule has 1 fully saturated rings. The van der Waals surface area contributed by atoms with Crippen molar-refractivity contribution < 1.29 is 13.2 Å². The Balaban J connectivity index is 1.02. The van der Waals surface area contributed by atoms with E-state index in [4.69, 9.17) is 14.7 Å². The first-order valence-corrected chi connectivity index (χ1v) is 17.9. The second kappa shape index (κ2) is 14.6. The molecule has 1 heterocycles. The fourth-order valence-corrected chi connectivity index (χ4v) is 7.79. The van der Waals surface area contributed by atoms with E-state index < -0.39 is 10.0 Å². The number of hydrogen-bond acceptors (Lipinski definition) is 8. The molecule has 0 unspecified atom stereocenters. The molecule has 0 spiro atoms. The molecular weight excluding hydrogens is 609 g/mol. The van der Waals surface area contributed by atoms with Crippen molar-refractivity contribution in [3.8, 4) is 5.75 Å². The molecule has 0 amide bonds. The van der Waals surface area contributed by atoms with Crippen LogP contribution in [0.2, 0.25) is 0 Å². The minimum Gasteiger partial charge on any atom is -0.497 e. The van der Waals surface area contributed by atoms with Crippen molar-refractivity contribution in [3.05, 3.63) is 90.5 Å². The Hall–Kier alpha value is -4.41. The lowest BCUT2D eigenvalue weighted by Gasteiger charge is -2.29. The summed E-state index contributed by atoms with van der Waals surface area (Å²) in [5.41, 5.74) is 3.13. The van der Waals surface area contributed by atoms with Crippen LogP contribution >= 0.6 is 0 Å². The SMILES string of the molecule is COc1ccc(CCNc2nc(NCC3CCC(CNS(=O)(=O)c4ccc(N(C)C)c5ccccc45)CC3)nc3ccccc23)cc1. The number of nitrogens with one attached hydrogen (secondary N) is 3. The number of para-hydroxylation sites is 1. The molecule has 47 heavy (non-hydrogen) atoms. The van der Waals surface area contributed by atoms with Gasteiger partial charge in [-0.15, -0.1) is 0 Å². The normalized spacial score (nSPS) is 16.7. The number of rotatable bonds is 13. The molecule has 1 aliphatic rings. The minimum atomic E-state index is -3.64. The number of benzene rings is 4. The third kappa shape index (κ3) is 7.77. The van der Waals surface area contributed by atoms with Gasteiger partial charge in [0.2, 0.25) is 16.0 Å². The van der Waals surface area contributed by atoms with Crippen LogP contribution in [0.4, 0.5) is 17.5 Å². The van der Waals surface area contributed by atoms with E-state index in [1.807, 2.05) is 85.7 Å². The Morgan fingerprint density at radius 1 is 0.766 bits per heavy atom. The molecule has 246 valence electrons. The monoisotopic (exact) mass is 652 g/mol. The van der Waals surface area contributed by atoms with Gasteiger partial charge < -0.3 is 20.3 Å². The highest BCUT2D eigenvalue weighted by Crippen LogP contribution is 2.32. The van der Waals surface area contributed by atoms with E-state index >= 15 is 0 Å². The Morgan fingerprint density at radius 2 is 1.43 bits per heavy atom. The summed E-state index contributed by atoms with van der Waals surface area (Å²) in [4.78, 5) is 12.0. The van der Waals surface area contributed by atoms with Crippen molar-refractivity contribution in [3.63, 3.8) is 0 Å². The molecule has 6 rings (SSSR count). The van der Waals surface area contributed by atoms with Crippen molar-refractivity contribution in [1.82, 2.24) is 14.7 Å². The van der Waals surface area contributed by atoms with E-state index in [-0.39, 0.29) is 0 Å². The van der Waals surface area contributed by atoms with Crippen LogP contribution in [0.1, 0.15) is 31.2 Å². The van der Waals surface area contributed by atoms with Crippen molar-refractivity contribution in [2.75, 3.05) is 56.4 Å². The molecule has 1 aromatic heterocycles. The summed E-state index contributed by atoms with van der Waals surface area (Å²) in [6.07, 6.45) is 4.88. The van der Waals surface area contributed by atoms with E-state index in [2.05, 4.69) is 27.5 Å². The van der Waals surface area contributed by atoms with Crippen LogP contribution in [0.3, 0.4) is 0 Å². The van der Waals surface area contributed by atoms with Gasteiger partial charge in [0.1, 0.15) is 11.6 Å². The molecular formula is C37H44N6O3S. The molecule has 5 aromatic rings. The molecule has 10 heteroatoms. The molecule has 0 saturated heterocycles. The van der Waals surface area contributed by atoms with Crippen LogP contribution in [-0.2, 0) is 16.4 Å². The molecule has 1 aliphatic carbocycles. The molecule has 9 nitrogen and oxygen atoms in total. The lowest BCUT2D eigenvalue weighted by Crippen LogP contribution is -2.32. The van der Waals surface area contributed by atoms with E-state index in [1.165, 1.54) is 5.56 Å². The number of anilines is 3. The zero-order chi connectivity index (χ0) is 32.8. The first-order chi connectivity index (χ1) is 22.8. The summed E-state index contributed by atoms with van der Waals surface area (Å²) in [6.45, 7) is 1.98. The van der Waals surface area contributed by atoms with Crippen LogP contribution in [0, 0.1) is 11.8 Å². The van der Waals surface area contributed by atoms with Crippen LogP contribution in [-0.4, -0.2) is 59.2 Å². The highest BCUT2D eigenvalue weighted by molar-refractivity contribution is 7.89. The van der Waals surface area contributed by atoms with E-state index in [9.17, 15) is 8.42 Å². The summed E-state index contributed by atoms with van der Waals surface area (Å²) in [7, 11) is 1.97. The van der Waals surface area contributed by atoms with Gasteiger partial charge in [-0.2, -0.15) is 4.98 Å². The first-order valence-electron chi connectivity index (χ1n) is 16.4. The zero-order valence-corrected chi connectivity index (χ0v) is 28.2. The highest BCUT2D eigenvalue weighted by Gasteiger charge is 2.25. The maximum absolute atomic E-state index is 13.4. The summed E-state index contributed by atoms with van der Waals surface area (Å²) in [6, 6.07) is 27.5. The topological polar surface area (TPSA) is 108 Å². The Kier molecular flexibility index (Phi) is 10.1. The third-order valence-corrected chi connectivity index (χ3v) is 10.7. The van der Waals surface area contributed by atoms with Gasteiger partial charge in [-0.1, -0.05) is 48.5 Å². The number of fused-ring (bicyclic) bond motifs is 2.